The van der Waals surface area contributed by atoms with Crippen molar-refractivity contribution in [2.45, 2.75) is 45.4 Å². The molecule has 6 nitrogen and oxygen atoms in total. The molecule has 1 rings (SSSR count). The number of hydrogen-bond acceptors (Lipinski definition) is 3. The molecule has 150 valence electrons. The highest BCUT2D eigenvalue weighted by Gasteiger charge is 2.08. The molecule has 0 aromatic heterocycles. The Morgan fingerprint density at radius 2 is 1.69 bits per heavy atom. The largest absolute Gasteiger partial charge is 0.356 e. The minimum absolute atomic E-state index is 0. The fourth-order valence-corrected chi connectivity index (χ4v) is 3.11. The second-order valence-electron chi connectivity index (χ2n) is 6.52. The van der Waals surface area contributed by atoms with E-state index in [-0.39, 0.29) is 29.7 Å². The van der Waals surface area contributed by atoms with Gasteiger partial charge in [0, 0.05) is 20.1 Å². The molecule has 1 aromatic carbocycles. The molecule has 0 radical (unpaired) electrons. The zero-order valence-electron chi connectivity index (χ0n) is 16.2. The van der Waals surface area contributed by atoms with Gasteiger partial charge in [0.25, 0.3) is 0 Å². The van der Waals surface area contributed by atoms with E-state index in [4.69, 9.17) is 0 Å². The molecule has 0 amide bonds. The Labute approximate surface area is 175 Å². The van der Waals surface area contributed by atoms with Gasteiger partial charge in [0.1, 0.15) is 0 Å². The van der Waals surface area contributed by atoms with Gasteiger partial charge in [-0.05, 0) is 30.5 Å². The third-order valence-electron chi connectivity index (χ3n) is 3.87. The van der Waals surface area contributed by atoms with E-state index in [1.807, 2.05) is 24.3 Å². The average molecular weight is 496 g/mol. The first-order valence-electron chi connectivity index (χ1n) is 8.80. The Bertz CT molecular complexity index is 631. The maximum atomic E-state index is 11.5. The number of guanidine groups is 1. The number of nitrogens with zero attached hydrogens (tertiary/aromatic N) is 1. The highest BCUT2D eigenvalue weighted by Crippen LogP contribution is 2.08. The van der Waals surface area contributed by atoms with Gasteiger partial charge in [-0.25, -0.2) is 13.1 Å². The molecule has 0 spiro atoms. The molecule has 0 atom stereocenters. The van der Waals surface area contributed by atoms with Crippen molar-refractivity contribution >= 4 is 40.0 Å². The van der Waals surface area contributed by atoms with Crippen LogP contribution in [0.3, 0.4) is 0 Å². The van der Waals surface area contributed by atoms with Crippen LogP contribution in [0, 0.1) is 5.92 Å². The van der Waals surface area contributed by atoms with Crippen molar-refractivity contribution in [1.82, 2.24) is 15.4 Å². The zero-order chi connectivity index (χ0) is 18.7. The minimum Gasteiger partial charge on any atom is -0.356 e. The lowest BCUT2D eigenvalue weighted by atomic mass is 10.1. The molecule has 0 saturated heterocycles. The normalized spacial score (nSPS) is 12.0. The number of hydrogen-bond donors (Lipinski definition) is 3. The van der Waals surface area contributed by atoms with E-state index in [0.29, 0.717) is 6.54 Å². The molecular weight excluding hydrogens is 463 g/mol. The van der Waals surface area contributed by atoms with Gasteiger partial charge in [0.05, 0.1) is 5.75 Å². The third-order valence-corrected chi connectivity index (χ3v) is 5.21. The van der Waals surface area contributed by atoms with Crippen molar-refractivity contribution in [2.24, 2.45) is 10.9 Å². The molecule has 0 aliphatic carbocycles. The number of rotatable bonds is 10. The van der Waals surface area contributed by atoms with Gasteiger partial charge < -0.3 is 10.6 Å². The van der Waals surface area contributed by atoms with E-state index < -0.39 is 10.0 Å². The van der Waals surface area contributed by atoms with Gasteiger partial charge in [-0.15, -0.1) is 24.0 Å². The van der Waals surface area contributed by atoms with Crippen LogP contribution >= 0.6 is 24.0 Å². The van der Waals surface area contributed by atoms with Crippen LogP contribution < -0.4 is 15.4 Å². The van der Waals surface area contributed by atoms with Gasteiger partial charge >= 0.3 is 0 Å². The fourth-order valence-electron chi connectivity index (χ4n) is 2.34. The summed E-state index contributed by atoms with van der Waals surface area (Å²) in [5, 5.41) is 6.59. The van der Waals surface area contributed by atoms with Gasteiger partial charge in [0.15, 0.2) is 5.96 Å². The monoisotopic (exact) mass is 496 g/mol. The van der Waals surface area contributed by atoms with Crippen LogP contribution in [0.2, 0.25) is 0 Å². The van der Waals surface area contributed by atoms with Crippen molar-refractivity contribution in [1.29, 1.82) is 0 Å². The first-order valence-corrected chi connectivity index (χ1v) is 10.4. The third kappa shape index (κ3) is 11.0. The first-order chi connectivity index (χ1) is 11.9. The molecular formula is C18H33IN4O2S. The average Bonchev–Trinajstić information content (AvgIpc) is 2.58. The highest BCUT2D eigenvalue weighted by atomic mass is 127. The second-order valence-corrected chi connectivity index (χ2v) is 8.45. The van der Waals surface area contributed by atoms with Crippen LogP contribution in [-0.2, 0) is 22.3 Å². The summed E-state index contributed by atoms with van der Waals surface area (Å²) in [6.45, 7) is 6.04. The number of unbranched alkanes of at least 4 members (excludes halogenated alkanes) is 1. The summed E-state index contributed by atoms with van der Waals surface area (Å²) in [7, 11) is -0.0457. The van der Waals surface area contributed by atoms with Gasteiger partial charge in [-0.1, -0.05) is 51.0 Å². The van der Waals surface area contributed by atoms with E-state index in [2.05, 4.69) is 34.2 Å². The topological polar surface area (TPSA) is 82.6 Å². The SMILES string of the molecule is CN=C(NCCCCC(C)C)NCc1ccc(CS(=O)(=O)NC)cc1.I. The molecule has 0 bridgehead atoms. The highest BCUT2D eigenvalue weighted by molar-refractivity contribution is 14.0. The molecule has 0 unspecified atom stereocenters. The molecule has 3 N–H and O–H groups in total. The van der Waals surface area contributed by atoms with Crippen LogP contribution in [0.25, 0.3) is 0 Å². The first kappa shape index (κ1) is 25.1. The smallest absolute Gasteiger partial charge is 0.215 e. The molecule has 0 fully saturated rings. The molecule has 1 aromatic rings. The predicted molar refractivity (Wildman–Crippen MR) is 120 cm³/mol. The summed E-state index contributed by atoms with van der Waals surface area (Å²) >= 11 is 0. The van der Waals surface area contributed by atoms with Crippen molar-refractivity contribution in [3.8, 4) is 0 Å². The van der Waals surface area contributed by atoms with Gasteiger partial charge in [-0.2, -0.15) is 0 Å². The lowest BCUT2D eigenvalue weighted by molar-refractivity contribution is 0.534. The molecule has 0 aliphatic heterocycles. The van der Waals surface area contributed by atoms with Crippen molar-refractivity contribution in [3.63, 3.8) is 0 Å². The predicted octanol–water partition coefficient (Wildman–Crippen LogP) is 2.85. The van der Waals surface area contributed by atoms with E-state index >= 15 is 0 Å². The molecule has 0 aliphatic rings. The Hall–Kier alpha value is -0.870. The summed E-state index contributed by atoms with van der Waals surface area (Å²) in [4.78, 5) is 4.22. The van der Waals surface area contributed by atoms with Crippen LogP contribution in [0.4, 0.5) is 0 Å². The van der Waals surface area contributed by atoms with Crippen LogP contribution in [0.5, 0.6) is 0 Å². The number of nitrogens with one attached hydrogen (secondary N) is 3. The van der Waals surface area contributed by atoms with E-state index in [1.54, 1.807) is 7.05 Å². The molecule has 8 heteroatoms. The van der Waals surface area contributed by atoms with Gasteiger partial charge in [0.2, 0.25) is 10.0 Å². The molecule has 0 saturated carbocycles. The summed E-state index contributed by atoms with van der Waals surface area (Å²) in [6.07, 6.45) is 3.61. The number of halogens is 1. The van der Waals surface area contributed by atoms with Crippen molar-refractivity contribution in [3.05, 3.63) is 35.4 Å². The number of sulfonamides is 1. The Morgan fingerprint density at radius 3 is 2.23 bits per heavy atom. The van der Waals surface area contributed by atoms with Crippen molar-refractivity contribution in [2.75, 3.05) is 20.6 Å². The number of aliphatic imine (C=N–C) groups is 1. The Balaban J connectivity index is 0.00000625. The summed E-state index contributed by atoms with van der Waals surface area (Å²) < 4.78 is 25.4. The summed E-state index contributed by atoms with van der Waals surface area (Å²) in [6, 6.07) is 7.55. The summed E-state index contributed by atoms with van der Waals surface area (Å²) in [5.41, 5.74) is 1.85. The standard InChI is InChI=1S/C18H32N4O2S.HI/c1-15(2)7-5-6-12-21-18(19-3)22-13-16-8-10-17(11-9-16)14-25(23,24)20-4;/h8-11,15,20H,5-7,12-14H2,1-4H3,(H2,19,21,22);1H. The molecule has 26 heavy (non-hydrogen) atoms. The van der Waals surface area contributed by atoms with Crippen LogP contribution in [-0.4, -0.2) is 35.0 Å². The van der Waals surface area contributed by atoms with Crippen molar-refractivity contribution < 1.29 is 8.42 Å². The molecule has 0 heterocycles. The second kappa shape index (κ2) is 13.3. The lowest BCUT2D eigenvalue weighted by Crippen LogP contribution is -2.37. The van der Waals surface area contributed by atoms with Crippen LogP contribution in [0.15, 0.2) is 29.3 Å². The number of benzene rings is 1. The van der Waals surface area contributed by atoms with Crippen LogP contribution in [0.1, 0.15) is 44.2 Å². The zero-order valence-corrected chi connectivity index (χ0v) is 19.4. The maximum absolute atomic E-state index is 11.5. The van der Waals surface area contributed by atoms with Gasteiger partial charge in [-0.3, -0.25) is 4.99 Å². The Morgan fingerprint density at radius 1 is 1.08 bits per heavy atom. The Kier molecular flexibility index (Phi) is 12.9. The van der Waals surface area contributed by atoms with E-state index in [0.717, 1.165) is 36.0 Å². The summed E-state index contributed by atoms with van der Waals surface area (Å²) in [5.74, 6) is 1.53. The van der Waals surface area contributed by atoms with E-state index in [1.165, 1.54) is 19.9 Å². The quantitative estimate of drug-likeness (QED) is 0.201. The fraction of sp³-hybridized carbons (Fsp3) is 0.611. The minimum atomic E-state index is -3.23. The van der Waals surface area contributed by atoms with E-state index in [9.17, 15) is 8.42 Å². The lowest BCUT2D eigenvalue weighted by Gasteiger charge is -2.12. The maximum Gasteiger partial charge on any atom is 0.215 e.